The van der Waals surface area contributed by atoms with Crippen molar-refractivity contribution in [2.45, 2.75) is 12.0 Å². The van der Waals surface area contributed by atoms with Gasteiger partial charge in [0.1, 0.15) is 5.60 Å². The van der Waals surface area contributed by atoms with Gasteiger partial charge in [-0.2, -0.15) is 0 Å². The first-order valence-electron chi connectivity index (χ1n) is 4.59. The van der Waals surface area contributed by atoms with Crippen LogP contribution in [-0.2, 0) is 0 Å². The maximum atomic E-state index is 9.78. The molecular weight excluding hydrogens is 182 g/mol. The van der Waals surface area contributed by atoms with Gasteiger partial charge in [0, 0.05) is 18.9 Å². The standard InChI is InChI=1S/C9H13N3O2/c13-7-9(14)2-5-12(6-9)8-10-3-1-4-11-8/h1,3-4,13-14H,2,5-7H2. The summed E-state index contributed by atoms with van der Waals surface area (Å²) in [6.45, 7) is 0.866. The van der Waals surface area contributed by atoms with Crippen molar-refractivity contribution in [3.63, 3.8) is 0 Å². The van der Waals surface area contributed by atoms with E-state index in [1.54, 1.807) is 18.5 Å². The van der Waals surface area contributed by atoms with Crippen LogP contribution in [0.4, 0.5) is 5.95 Å². The van der Waals surface area contributed by atoms with Crippen molar-refractivity contribution in [2.24, 2.45) is 0 Å². The van der Waals surface area contributed by atoms with Gasteiger partial charge in [0.25, 0.3) is 0 Å². The van der Waals surface area contributed by atoms with Gasteiger partial charge in [0.15, 0.2) is 0 Å². The molecule has 0 bridgehead atoms. The molecule has 2 rings (SSSR count). The molecule has 1 atom stereocenters. The molecule has 5 nitrogen and oxygen atoms in total. The van der Waals surface area contributed by atoms with Crippen LogP contribution in [0.25, 0.3) is 0 Å². The van der Waals surface area contributed by atoms with Gasteiger partial charge in [0.2, 0.25) is 5.95 Å². The summed E-state index contributed by atoms with van der Waals surface area (Å²) < 4.78 is 0. The molecule has 5 heteroatoms. The molecule has 1 aromatic heterocycles. The first-order valence-corrected chi connectivity index (χ1v) is 4.59. The predicted octanol–water partition coefficient (Wildman–Crippen LogP) is -0.590. The fourth-order valence-corrected chi connectivity index (χ4v) is 1.61. The zero-order valence-corrected chi connectivity index (χ0v) is 7.80. The second kappa shape index (κ2) is 3.51. The number of aliphatic hydroxyl groups excluding tert-OH is 1. The van der Waals surface area contributed by atoms with Crippen LogP contribution in [0.3, 0.4) is 0 Å². The Hall–Kier alpha value is -1.20. The van der Waals surface area contributed by atoms with E-state index in [1.807, 2.05) is 4.90 Å². The highest BCUT2D eigenvalue weighted by Crippen LogP contribution is 2.23. The molecule has 0 amide bonds. The maximum absolute atomic E-state index is 9.78. The Morgan fingerprint density at radius 3 is 2.71 bits per heavy atom. The molecule has 1 fully saturated rings. The summed E-state index contributed by atoms with van der Waals surface area (Å²) in [5, 5.41) is 18.8. The normalized spacial score (nSPS) is 26.9. The molecule has 2 N–H and O–H groups in total. The van der Waals surface area contributed by atoms with E-state index in [0.717, 1.165) is 0 Å². The Labute approximate surface area is 82.0 Å². The molecule has 76 valence electrons. The smallest absolute Gasteiger partial charge is 0.225 e. The molecule has 0 saturated carbocycles. The fourth-order valence-electron chi connectivity index (χ4n) is 1.61. The number of hydrogen-bond donors (Lipinski definition) is 2. The Morgan fingerprint density at radius 1 is 1.43 bits per heavy atom. The second-order valence-corrected chi connectivity index (χ2v) is 3.60. The molecule has 1 unspecified atom stereocenters. The van der Waals surface area contributed by atoms with E-state index < -0.39 is 5.60 Å². The van der Waals surface area contributed by atoms with Gasteiger partial charge in [0.05, 0.1) is 13.2 Å². The minimum Gasteiger partial charge on any atom is -0.393 e. The van der Waals surface area contributed by atoms with E-state index in [2.05, 4.69) is 9.97 Å². The highest BCUT2D eigenvalue weighted by atomic mass is 16.3. The van der Waals surface area contributed by atoms with Crippen molar-refractivity contribution in [1.82, 2.24) is 9.97 Å². The summed E-state index contributed by atoms with van der Waals surface area (Å²) >= 11 is 0. The highest BCUT2D eigenvalue weighted by Gasteiger charge is 2.36. The average molecular weight is 195 g/mol. The molecule has 0 aliphatic carbocycles. The summed E-state index contributed by atoms with van der Waals surface area (Å²) in [6, 6.07) is 1.75. The Bertz CT molecular complexity index is 306. The lowest BCUT2D eigenvalue weighted by molar-refractivity contribution is 0.00470. The SMILES string of the molecule is OCC1(O)CCN(c2ncccn2)C1. The number of aliphatic hydroxyl groups is 2. The van der Waals surface area contributed by atoms with Crippen LogP contribution in [0.15, 0.2) is 18.5 Å². The van der Waals surface area contributed by atoms with Gasteiger partial charge < -0.3 is 15.1 Å². The predicted molar refractivity (Wildman–Crippen MR) is 50.9 cm³/mol. The van der Waals surface area contributed by atoms with Gasteiger partial charge in [-0.15, -0.1) is 0 Å². The third-order valence-electron chi connectivity index (χ3n) is 2.46. The maximum Gasteiger partial charge on any atom is 0.225 e. The molecule has 0 spiro atoms. The van der Waals surface area contributed by atoms with E-state index in [4.69, 9.17) is 5.11 Å². The van der Waals surface area contributed by atoms with Crippen molar-refractivity contribution in [3.05, 3.63) is 18.5 Å². The average Bonchev–Trinajstić information content (AvgIpc) is 2.63. The lowest BCUT2D eigenvalue weighted by Gasteiger charge is -2.20. The number of aromatic nitrogens is 2. The Kier molecular flexibility index (Phi) is 2.35. The van der Waals surface area contributed by atoms with Crippen molar-refractivity contribution in [3.8, 4) is 0 Å². The van der Waals surface area contributed by atoms with Crippen LogP contribution in [0.2, 0.25) is 0 Å². The molecule has 14 heavy (non-hydrogen) atoms. The van der Waals surface area contributed by atoms with E-state index in [-0.39, 0.29) is 6.61 Å². The third kappa shape index (κ3) is 1.69. The van der Waals surface area contributed by atoms with Crippen molar-refractivity contribution in [2.75, 3.05) is 24.6 Å². The second-order valence-electron chi connectivity index (χ2n) is 3.60. The van der Waals surface area contributed by atoms with Gasteiger partial charge in [-0.05, 0) is 12.5 Å². The van der Waals surface area contributed by atoms with Gasteiger partial charge >= 0.3 is 0 Å². The van der Waals surface area contributed by atoms with Gasteiger partial charge in [-0.1, -0.05) is 0 Å². The first-order chi connectivity index (χ1) is 6.73. The molecule has 1 aliphatic rings. The van der Waals surface area contributed by atoms with Crippen LogP contribution in [-0.4, -0.2) is 45.5 Å². The van der Waals surface area contributed by atoms with Gasteiger partial charge in [-0.3, -0.25) is 0 Å². The summed E-state index contributed by atoms with van der Waals surface area (Å²) in [5.41, 5.74) is -0.987. The zero-order valence-electron chi connectivity index (χ0n) is 7.80. The van der Waals surface area contributed by atoms with Crippen LogP contribution < -0.4 is 4.90 Å². The van der Waals surface area contributed by atoms with Crippen molar-refractivity contribution >= 4 is 5.95 Å². The lowest BCUT2D eigenvalue weighted by Crippen LogP contribution is -2.37. The molecule has 0 aromatic carbocycles. The Morgan fingerprint density at radius 2 is 2.14 bits per heavy atom. The molecule has 1 saturated heterocycles. The van der Waals surface area contributed by atoms with E-state index >= 15 is 0 Å². The van der Waals surface area contributed by atoms with Crippen LogP contribution in [0.5, 0.6) is 0 Å². The monoisotopic (exact) mass is 195 g/mol. The largest absolute Gasteiger partial charge is 0.393 e. The minimum absolute atomic E-state index is 0.212. The topological polar surface area (TPSA) is 69.5 Å². The fraction of sp³-hybridized carbons (Fsp3) is 0.556. The first kappa shape index (κ1) is 9.36. The molecular formula is C9H13N3O2. The molecule has 1 aliphatic heterocycles. The lowest BCUT2D eigenvalue weighted by atomic mass is 10.1. The number of nitrogens with zero attached hydrogens (tertiary/aromatic N) is 3. The number of anilines is 1. The molecule has 2 heterocycles. The summed E-state index contributed by atoms with van der Waals surface area (Å²) in [5.74, 6) is 0.608. The van der Waals surface area contributed by atoms with Crippen molar-refractivity contribution in [1.29, 1.82) is 0 Å². The Balaban J connectivity index is 2.10. The zero-order chi connectivity index (χ0) is 10.0. The summed E-state index contributed by atoms with van der Waals surface area (Å²) in [7, 11) is 0. The third-order valence-corrected chi connectivity index (χ3v) is 2.46. The van der Waals surface area contributed by atoms with Crippen molar-refractivity contribution < 1.29 is 10.2 Å². The van der Waals surface area contributed by atoms with E-state index in [1.165, 1.54) is 0 Å². The summed E-state index contributed by atoms with van der Waals surface area (Å²) in [4.78, 5) is 10.0. The number of rotatable bonds is 2. The van der Waals surface area contributed by atoms with Gasteiger partial charge in [-0.25, -0.2) is 9.97 Å². The van der Waals surface area contributed by atoms with Crippen LogP contribution in [0.1, 0.15) is 6.42 Å². The highest BCUT2D eigenvalue weighted by molar-refractivity contribution is 5.32. The van der Waals surface area contributed by atoms with E-state index in [9.17, 15) is 5.11 Å². The minimum atomic E-state index is -0.987. The quantitative estimate of drug-likeness (QED) is 0.660. The van der Waals surface area contributed by atoms with Crippen LogP contribution >= 0.6 is 0 Å². The van der Waals surface area contributed by atoms with E-state index in [0.29, 0.717) is 25.5 Å². The van der Waals surface area contributed by atoms with Crippen LogP contribution in [0, 0.1) is 0 Å². The summed E-state index contributed by atoms with van der Waals surface area (Å²) in [6.07, 6.45) is 3.89. The molecule has 1 aromatic rings. The number of hydrogen-bond acceptors (Lipinski definition) is 5. The number of β-amino-alcohol motifs (C(OH)–C–C–N with tert-alkyl or cyclic N) is 1. The molecule has 0 radical (unpaired) electrons.